The van der Waals surface area contributed by atoms with Crippen molar-refractivity contribution in [3.8, 4) is 0 Å². The van der Waals surface area contributed by atoms with E-state index in [0.29, 0.717) is 0 Å². The van der Waals surface area contributed by atoms with Crippen LogP contribution in [0.4, 0.5) is 5.82 Å². The van der Waals surface area contributed by atoms with Crippen LogP contribution >= 0.6 is 23.4 Å². The highest BCUT2D eigenvalue weighted by atomic mass is 35.5. The Morgan fingerprint density at radius 3 is 2.63 bits per heavy atom. The molecule has 27 heavy (non-hydrogen) atoms. The number of nitrogens with one attached hydrogen (secondary N) is 1. The van der Waals surface area contributed by atoms with Gasteiger partial charge in [-0.2, -0.15) is 0 Å². The van der Waals surface area contributed by atoms with Crippen LogP contribution < -0.4 is 10.2 Å². The van der Waals surface area contributed by atoms with Crippen molar-refractivity contribution in [2.75, 3.05) is 31.1 Å². The van der Waals surface area contributed by atoms with Gasteiger partial charge >= 0.3 is 0 Å². The van der Waals surface area contributed by atoms with Crippen LogP contribution in [0.2, 0.25) is 5.02 Å². The molecule has 0 bridgehead atoms. The van der Waals surface area contributed by atoms with E-state index in [4.69, 9.17) is 16.6 Å². The molecule has 0 amide bonds. The van der Waals surface area contributed by atoms with Gasteiger partial charge in [-0.05, 0) is 74.0 Å². The van der Waals surface area contributed by atoms with Crippen LogP contribution in [0.1, 0.15) is 43.4 Å². The first kappa shape index (κ1) is 20.5. The van der Waals surface area contributed by atoms with Gasteiger partial charge in [0.1, 0.15) is 5.82 Å². The quantitative estimate of drug-likeness (QED) is 0.697. The molecule has 1 N–H and O–H groups in total. The van der Waals surface area contributed by atoms with Crippen molar-refractivity contribution >= 4 is 29.2 Å². The molecule has 1 saturated heterocycles. The third-order valence-corrected chi connectivity index (χ3v) is 6.96. The lowest BCUT2D eigenvalue weighted by Gasteiger charge is -2.27. The van der Waals surface area contributed by atoms with Crippen molar-refractivity contribution in [1.82, 2.24) is 10.3 Å². The molecule has 0 saturated carbocycles. The molecule has 5 heteroatoms. The molecule has 3 heterocycles. The fourth-order valence-corrected chi connectivity index (χ4v) is 5.27. The predicted octanol–water partition coefficient (Wildman–Crippen LogP) is 5.34. The number of hydrogen-bond donors (Lipinski definition) is 1. The number of rotatable bonds is 4. The molecule has 0 atom stereocenters. The summed E-state index contributed by atoms with van der Waals surface area (Å²) < 4.78 is 0. The summed E-state index contributed by atoms with van der Waals surface area (Å²) in [5, 5.41) is 4.37. The van der Waals surface area contributed by atoms with E-state index in [1.54, 1.807) is 0 Å². The third kappa shape index (κ3) is 4.98. The number of hydrogen-bond acceptors (Lipinski definition) is 4. The first-order valence-corrected chi connectivity index (χ1v) is 11.0. The molecule has 4 rings (SSSR count). The van der Waals surface area contributed by atoms with Gasteiger partial charge in [-0.15, -0.1) is 11.8 Å². The number of piperidine rings is 1. The topological polar surface area (TPSA) is 28.2 Å². The third-order valence-electron chi connectivity index (χ3n) is 5.30. The highest BCUT2D eigenvalue weighted by molar-refractivity contribution is 7.98. The lowest BCUT2D eigenvalue weighted by molar-refractivity contribution is 0.573. The lowest BCUT2D eigenvalue weighted by atomic mass is 10.0. The number of thioether (sulfide) groups is 1. The lowest BCUT2D eigenvalue weighted by Crippen LogP contribution is -2.30. The van der Waals surface area contributed by atoms with Gasteiger partial charge in [0.05, 0.1) is 5.02 Å². The fraction of sp³-hybridized carbons (Fsp3) is 0.500. The number of aromatic nitrogens is 1. The van der Waals surface area contributed by atoms with E-state index in [2.05, 4.69) is 34.5 Å². The molecule has 1 fully saturated rings. The number of nitrogens with zero attached hydrogens (tertiary/aromatic N) is 2. The number of anilines is 1. The summed E-state index contributed by atoms with van der Waals surface area (Å²) in [6, 6.07) is 8.66. The SMILES string of the molecule is C.Clc1ccc2c(c1SCc1ccc(N3CCCCC3)nc1)CCNCC2. The van der Waals surface area contributed by atoms with Crippen molar-refractivity contribution in [2.45, 2.75) is 50.2 Å². The highest BCUT2D eigenvalue weighted by Gasteiger charge is 2.16. The summed E-state index contributed by atoms with van der Waals surface area (Å²) in [7, 11) is 0. The first-order chi connectivity index (χ1) is 12.8. The first-order valence-electron chi connectivity index (χ1n) is 9.65. The molecule has 0 spiro atoms. The largest absolute Gasteiger partial charge is 0.357 e. The molecular formula is C22H30ClN3S. The van der Waals surface area contributed by atoms with Gasteiger partial charge in [-0.1, -0.05) is 31.2 Å². The fourth-order valence-electron chi connectivity index (χ4n) is 3.83. The van der Waals surface area contributed by atoms with Crippen LogP contribution in [0.25, 0.3) is 0 Å². The Balaban J connectivity index is 0.00000210. The minimum Gasteiger partial charge on any atom is -0.357 e. The molecule has 2 aliphatic heterocycles. The summed E-state index contributed by atoms with van der Waals surface area (Å²) in [5.41, 5.74) is 4.14. The second-order valence-corrected chi connectivity index (χ2v) is 8.52. The van der Waals surface area contributed by atoms with Crippen LogP contribution in [-0.2, 0) is 18.6 Å². The maximum atomic E-state index is 6.54. The van der Waals surface area contributed by atoms with Crippen LogP contribution in [-0.4, -0.2) is 31.2 Å². The zero-order chi connectivity index (χ0) is 17.8. The Morgan fingerprint density at radius 2 is 1.85 bits per heavy atom. The van der Waals surface area contributed by atoms with Crippen molar-refractivity contribution < 1.29 is 0 Å². The number of benzene rings is 1. The summed E-state index contributed by atoms with van der Waals surface area (Å²) in [6.45, 7) is 4.37. The Bertz CT molecular complexity index is 742. The Kier molecular flexibility index (Phi) is 7.45. The van der Waals surface area contributed by atoms with Crippen molar-refractivity contribution in [2.24, 2.45) is 0 Å². The summed E-state index contributed by atoms with van der Waals surface area (Å²) in [5.74, 6) is 2.03. The summed E-state index contributed by atoms with van der Waals surface area (Å²) in [4.78, 5) is 8.37. The predicted molar refractivity (Wildman–Crippen MR) is 118 cm³/mol. The van der Waals surface area contributed by atoms with Crippen molar-refractivity contribution in [3.05, 3.63) is 52.2 Å². The molecular weight excluding hydrogens is 374 g/mol. The van der Waals surface area contributed by atoms with Gasteiger partial charge in [0.2, 0.25) is 0 Å². The zero-order valence-electron chi connectivity index (χ0n) is 15.1. The molecule has 1 aromatic carbocycles. The van der Waals surface area contributed by atoms with Gasteiger partial charge in [-0.25, -0.2) is 4.98 Å². The van der Waals surface area contributed by atoms with Gasteiger partial charge in [0.15, 0.2) is 0 Å². The smallest absolute Gasteiger partial charge is 0.128 e. The molecule has 0 aliphatic carbocycles. The second-order valence-electron chi connectivity index (χ2n) is 7.13. The molecule has 3 nitrogen and oxygen atoms in total. The number of halogens is 1. The maximum Gasteiger partial charge on any atom is 0.128 e. The molecule has 1 aromatic heterocycles. The van der Waals surface area contributed by atoms with E-state index in [9.17, 15) is 0 Å². The van der Waals surface area contributed by atoms with Gasteiger partial charge in [0.25, 0.3) is 0 Å². The molecule has 146 valence electrons. The van der Waals surface area contributed by atoms with Crippen LogP contribution in [0.5, 0.6) is 0 Å². The van der Waals surface area contributed by atoms with E-state index < -0.39 is 0 Å². The van der Waals surface area contributed by atoms with E-state index in [1.807, 2.05) is 18.0 Å². The highest BCUT2D eigenvalue weighted by Crippen LogP contribution is 2.36. The summed E-state index contributed by atoms with van der Waals surface area (Å²) >= 11 is 8.40. The summed E-state index contributed by atoms with van der Waals surface area (Å²) in [6.07, 6.45) is 8.10. The minimum atomic E-state index is 0. The zero-order valence-corrected chi connectivity index (χ0v) is 16.7. The Hall–Kier alpha value is -1.23. The van der Waals surface area contributed by atoms with Crippen LogP contribution in [0.15, 0.2) is 35.4 Å². The molecule has 2 aliphatic rings. The standard InChI is InChI=1S/C21H26ClN3S.CH4/c22-19-6-5-17-8-10-23-11-9-18(17)21(19)26-15-16-4-7-20(24-14-16)25-12-2-1-3-13-25;/h4-7,14,23H,1-3,8-13,15H2;1H4. The monoisotopic (exact) mass is 403 g/mol. The van der Waals surface area contributed by atoms with Crippen molar-refractivity contribution in [1.29, 1.82) is 0 Å². The molecule has 0 radical (unpaired) electrons. The van der Waals surface area contributed by atoms with Gasteiger partial charge < -0.3 is 10.2 Å². The average Bonchev–Trinajstić information content (AvgIpc) is 2.94. The Labute approximate surface area is 172 Å². The number of fused-ring (bicyclic) bond motifs is 1. The van der Waals surface area contributed by atoms with E-state index in [-0.39, 0.29) is 7.43 Å². The van der Waals surface area contributed by atoms with E-state index >= 15 is 0 Å². The van der Waals surface area contributed by atoms with Crippen LogP contribution in [0.3, 0.4) is 0 Å². The van der Waals surface area contributed by atoms with Gasteiger partial charge in [-0.3, -0.25) is 0 Å². The second kappa shape index (κ2) is 9.81. The number of pyridine rings is 1. The molecule has 2 aromatic rings. The van der Waals surface area contributed by atoms with Crippen LogP contribution in [0, 0.1) is 0 Å². The van der Waals surface area contributed by atoms with Crippen molar-refractivity contribution in [3.63, 3.8) is 0 Å². The van der Waals surface area contributed by atoms with E-state index in [1.165, 1.54) is 40.8 Å². The Morgan fingerprint density at radius 1 is 1.04 bits per heavy atom. The van der Waals surface area contributed by atoms with Gasteiger partial charge in [0, 0.05) is 29.9 Å². The van der Waals surface area contributed by atoms with E-state index in [0.717, 1.165) is 55.6 Å². The maximum absolute atomic E-state index is 6.54. The normalized spacial score (nSPS) is 17.0. The average molecular weight is 404 g/mol. The minimum absolute atomic E-state index is 0. The molecule has 0 unspecified atom stereocenters.